The minimum absolute atomic E-state index is 0. The molecule has 12 heteroatoms. The zero-order valence-electron chi connectivity index (χ0n) is 17.0. The molecule has 2 aromatic carbocycles. The van der Waals surface area contributed by atoms with Gasteiger partial charge in [-0.25, -0.2) is 0 Å². The maximum Gasteiger partial charge on any atom is 0.0889 e. The molecule has 0 aliphatic heterocycles. The number of nitrogens with zero attached hydrogens (tertiary/aromatic N) is 2. The lowest BCUT2D eigenvalue weighted by Gasteiger charge is -2.31. The maximum absolute atomic E-state index is 10.6. The quantitative estimate of drug-likeness (QED) is 0.295. The minimum atomic E-state index is -0.678. The molecule has 0 spiro atoms. The molecule has 2 aromatic rings. The lowest BCUT2D eigenvalue weighted by atomic mass is 10.2. The number of nitrogens with two attached hydrogens (primary N) is 2. The van der Waals surface area contributed by atoms with Crippen LogP contribution in [0.25, 0.3) is 0 Å². The Morgan fingerprint density at radius 2 is 0.935 bits per heavy atom. The van der Waals surface area contributed by atoms with E-state index in [1.165, 1.54) is 0 Å². The average molecular weight is 524 g/mol. The average Bonchev–Trinajstić information content (AvgIpc) is 2.62. The van der Waals surface area contributed by atoms with E-state index in [0.717, 1.165) is 11.4 Å². The van der Waals surface area contributed by atoms with E-state index in [2.05, 4.69) is 0 Å². The van der Waals surface area contributed by atoms with Crippen LogP contribution in [-0.4, -0.2) is 66.3 Å². The van der Waals surface area contributed by atoms with E-state index >= 15 is 0 Å². The van der Waals surface area contributed by atoms with Gasteiger partial charge in [-0.05, 0) is 48.5 Å². The van der Waals surface area contributed by atoms with Crippen molar-refractivity contribution >= 4 is 72.4 Å². The Labute approximate surface area is 208 Å². The van der Waals surface area contributed by atoms with Gasteiger partial charge >= 0.3 is 0 Å². The molecule has 182 valence electrons. The van der Waals surface area contributed by atoms with E-state index in [0.29, 0.717) is 37.6 Å². The van der Waals surface area contributed by atoms with E-state index in [9.17, 15) is 15.3 Å². The molecule has 0 amide bonds. The first-order valence-electron chi connectivity index (χ1n) is 8.64. The summed E-state index contributed by atoms with van der Waals surface area (Å²) in [5.41, 5.74) is 14.5. The number of hydrogen-bond donors (Lipinski definition) is 5. The largest absolute Gasteiger partial charge is 0.412 e. The first-order valence-corrected chi connectivity index (χ1v) is 8.64. The fourth-order valence-electron chi connectivity index (χ4n) is 2.83. The summed E-state index contributed by atoms with van der Waals surface area (Å²) < 4.78 is 0. The summed E-state index contributed by atoms with van der Waals surface area (Å²) in [5.74, 6) is 0. The Morgan fingerprint density at radius 3 is 1.19 bits per heavy atom. The van der Waals surface area contributed by atoms with Crippen molar-refractivity contribution in [3.8, 4) is 0 Å². The second-order valence-electron chi connectivity index (χ2n) is 6.18. The van der Waals surface area contributed by atoms with E-state index in [-0.39, 0.29) is 68.3 Å². The van der Waals surface area contributed by atoms with Crippen molar-refractivity contribution < 1.29 is 20.8 Å². The van der Waals surface area contributed by atoms with Gasteiger partial charge in [0.2, 0.25) is 0 Å². The number of aliphatic hydroxyl groups is 3. The standard InChI is InChI=1S/C19H28N4O3.4ClH.H2O/c20-15-1-5-17(6-2-15)22(9-11-24)13-19(26)14-23(10-12-25)18-7-3-16(21)4-8-18;;;;;/h1-8,19,24-26H,9-14,20-21H2;4*1H;1H2. The molecule has 9 N–H and O–H groups in total. The fourth-order valence-corrected chi connectivity index (χ4v) is 2.83. The number of anilines is 4. The maximum atomic E-state index is 10.6. The number of aliphatic hydroxyl groups excluding tert-OH is 3. The highest BCUT2D eigenvalue weighted by Crippen LogP contribution is 2.19. The Balaban J connectivity index is -0.000000729. The van der Waals surface area contributed by atoms with Gasteiger partial charge in [0.1, 0.15) is 0 Å². The lowest BCUT2D eigenvalue weighted by molar-refractivity contribution is 0.180. The second-order valence-corrected chi connectivity index (χ2v) is 6.18. The molecular weight excluding hydrogens is 490 g/mol. The Hall–Kier alpha value is -1.36. The van der Waals surface area contributed by atoms with Gasteiger partial charge in [0, 0.05) is 48.9 Å². The molecule has 31 heavy (non-hydrogen) atoms. The topological polar surface area (TPSA) is 151 Å². The zero-order chi connectivity index (χ0) is 18.9. The normalized spacial score (nSPS) is 9.16. The SMILES string of the molecule is Cl.Cl.Cl.Cl.Nc1ccc(N(CCO)CC(O)CN(CCO)c2ccc(N)cc2)cc1.O. The fraction of sp³-hybridized carbons (Fsp3) is 0.368. The van der Waals surface area contributed by atoms with Crippen LogP contribution in [0.15, 0.2) is 48.5 Å². The Kier molecular flexibility index (Phi) is 23.1. The van der Waals surface area contributed by atoms with E-state index in [1.807, 2.05) is 34.1 Å². The van der Waals surface area contributed by atoms with Crippen LogP contribution < -0.4 is 21.3 Å². The third kappa shape index (κ3) is 12.3. The van der Waals surface area contributed by atoms with E-state index in [4.69, 9.17) is 11.5 Å². The van der Waals surface area contributed by atoms with Crippen LogP contribution in [0.3, 0.4) is 0 Å². The highest BCUT2D eigenvalue weighted by Gasteiger charge is 2.16. The summed E-state index contributed by atoms with van der Waals surface area (Å²) in [7, 11) is 0. The van der Waals surface area contributed by atoms with Gasteiger partial charge in [0.25, 0.3) is 0 Å². The smallest absolute Gasteiger partial charge is 0.0889 e. The van der Waals surface area contributed by atoms with Gasteiger partial charge < -0.3 is 42.1 Å². The number of halogens is 4. The van der Waals surface area contributed by atoms with Crippen LogP contribution >= 0.6 is 49.6 Å². The van der Waals surface area contributed by atoms with Gasteiger partial charge in [-0.1, -0.05) is 0 Å². The number of rotatable bonds is 10. The molecule has 0 saturated carbocycles. The summed E-state index contributed by atoms with van der Waals surface area (Å²) in [6, 6.07) is 14.6. The Bertz CT molecular complexity index is 611. The van der Waals surface area contributed by atoms with Crippen molar-refractivity contribution in [3.05, 3.63) is 48.5 Å². The van der Waals surface area contributed by atoms with E-state index < -0.39 is 6.10 Å². The molecule has 0 unspecified atom stereocenters. The summed E-state index contributed by atoms with van der Waals surface area (Å²) >= 11 is 0. The molecule has 0 saturated heterocycles. The summed E-state index contributed by atoms with van der Waals surface area (Å²) in [4.78, 5) is 3.81. The van der Waals surface area contributed by atoms with Crippen LogP contribution in [0.1, 0.15) is 0 Å². The monoisotopic (exact) mass is 522 g/mol. The highest BCUT2D eigenvalue weighted by molar-refractivity contribution is 5.86. The first kappa shape index (κ1) is 37.0. The molecule has 2 rings (SSSR count). The summed E-state index contributed by atoms with van der Waals surface area (Å²) in [6.45, 7) is 1.47. The van der Waals surface area contributed by atoms with Crippen molar-refractivity contribution in [2.24, 2.45) is 0 Å². The Morgan fingerprint density at radius 1 is 0.645 bits per heavy atom. The van der Waals surface area contributed by atoms with Crippen molar-refractivity contribution in [2.75, 3.05) is 60.7 Å². The summed E-state index contributed by atoms with van der Waals surface area (Å²) in [5, 5.41) is 29.2. The van der Waals surface area contributed by atoms with Crippen LogP contribution in [0.2, 0.25) is 0 Å². The lowest BCUT2D eigenvalue weighted by Crippen LogP contribution is -2.42. The molecule has 0 aliphatic carbocycles. The zero-order valence-corrected chi connectivity index (χ0v) is 20.2. The first-order chi connectivity index (χ1) is 12.5. The van der Waals surface area contributed by atoms with Gasteiger partial charge in [-0.3, -0.25) is 0 Å². The minimum Gasteiger partial charge on any atom is -0.412 e. The molecule has 0 heterocycles. The molecule has 0 aromatic heterocycles. The number of nitrogen functional groups attached to an aromatic ring is 2. The van der Waals surface area contributed by atoms with Gasteiger partial charge in [0.05, 0.1) is 19.3 Å². The highest BCUT2D eigenvalue weighted by atomic mass is 35.5. The van der Waals surface area contributed by atoms with Crippen molar-refractivity contribution in [1.82, 2.24) is 0 Å². The van der Waals surface area contributed by atoms with Crippen LogP contribution in [0, 0.1) is 0 Å². The molecule has 0 fully saturated rings. The van der Waals surface area contributed by atoms with Crippen LogP contribution in [0.4, 0.5) is 22.7 Å². The van der Waals surface area contributed by atoms with E-state index in [1.54, 1.807) is 24.3 Å². The van der Waals surface area contributed by atoms with Gasteiger partial charge in [-0.15, -0.1) is 49.6 Å². The van der Waals surface area contributed by atoms with Crippen molar-refractivity contribution in [3.63, 3.8) is 0 Å². The molecule has 0 atom stereocenters. The third-order valence-electron chi connectivity index (χ3n) is 4.12. The third-order valence-corrected chi connectivity index (χ3v) is 4.12. The number of hydrogen-bond acceptors (Lipinski definition) is 7. The predicted molar refractivity (Wildman–Crippen MR) is 139 cm³/mol. The molecule has 0 bridgehead atoms. The predicted octanol–water partition coefficient (Wildman–Crippen LogP) is 1.37. The van der Waals surface area contributed by atoms with Gasteiger partial charge in [-0.2, -0.15) is 0 Å². The second kappa shape index (κ2) is 19.3. The van der Waals surface area contributed by atoms with Gasteiger partial charge in [0.15, 0.2) is 0 Å². The summed E-state index contributed by atoms with van der Waals surface area (Å²) in [6.07, 6.45) is -0.678. The molecule has 8 nitrogen and oxygen atoms in total. The van der Waals surface area contributed by atoms with Crippen molar-refractivity contribution in [1.29, 1.82) is 0 Å². The number of benzene rings is 2. The van der Waals surface area contributed by atoms with Crippen molar-refractivity contribution in [2.45, 2.75) is 6.10 Å². The molecular formula is C19H34Cl4N4O4. The molecule has 0 radical (unpaired) electrons. The van der Waals surface area contributed by atoms with Crippen LogP contribution in [0.5, 0.6) is 0 Å². The molecule has 0 aliphatic rings. The van der Waals surface area contributed by atoms with Crippen LogP contribution in [-0.2, 0) is 0 Å².